The highest BCUT2D eigenvalue weighted by Crippen LogP contribution is 2.29. The molecule has 100 valence electrons. The van der Waals surface area contributed by atoms with Gasteiger partial charge in [0.1, 0.15) is 5.58 Å². The summed E-state index contributed by atoms with van der Waals surface area (Å²) in [6.07, 6.45) is 2.81. The molecule has 3 aromatic rings. The molecule has 6 heteroatoms. The van der Waals surface area contributed by atoms with Crippen molar-refractivity contribution in [1.29, 1.82) is 0 Å². The lowest BCUT2D eigenvalue weighted by Gasteiger charge is -2.06. The number of hydrogen-bond acceptors (Lipinski definition) is 3. The summed E-state index contributed by atoms with van der Waals surface area (Å²) in [4.78, 5) is 16.0. The second-order valence-corrected chi connectivity index (χ2v) is 4.90. The van der Waals surface area contributed by atoms with Gasteiger partial charge in [-0.2, -0.15) is 0 Å². The quantitative estimate of drug-likeness (QED) is 0.764. The SMILES string of the molecule is O=C(Nc1c(Cl)cncc1Cl)c1cc2ccccc2o1. The molecule has 2 heterocycles. The van der Waals surface area contributed by atoms with Gasteiger partial charge in [-0.25, -0.2) is 0 Å². The number of hydrogen-bond donors (Lipinski definition) is 1. The minimum absolute atomic E-state index is 0.190. The lowest BCUT2D eigenvalue weighted by atomic mass is 10.2. The molecule has 0 radical (unpaired) electrons. The van der Waals surface area contributed by atoms with Crippen molar-refractivity contribution in [2.45, 2.75) is 0 Å². The predicted octanol–water partition coefficient (Wildman–Crippen LogP) is 4.39. The highest BCUT2D eigenvalue weighted by molar-refractivity contribution is 6.39. The fourth-order valence-corrected chi connectivity index (χ4v) is 2.26. The number of aromatic nitrogens is 1. The van der Waals surface area contributed by atoms with Gasteiger partial charge in [0, 0.05) is 17.8 Å². The van der Waals surface area contributed by atoms with E-state index in [1.807, 2.05) is 18.2 Å². The summed E-state index contributed by atoms with van der Waals surface area (Å²) < 4.78 is 5.47. The number of fused-ring (bicyclic) bond motifs is 1. The van der Waals surface area contributed by atoms with Crippen LogP contribution in [0.1, 0.15) is 10.6 Å². The summed E-state index contributed by atoms with van der Waals surface area (Å²) in [7, 11) is 0. The van der Waals surface area contributed by atoms with Crippen LogP contribution in [0.4, 0.5) is 5.69 Å². The largest absolute Gasteiger partial charge is 0.451 e. The summed E-state index contributed by atoms with van der Waals surface area (Å²) >= 11 is 11.9. The lowest BCUT2D eigenvalue weighted by Crippen LogP contribution is -2.11. The molecule has 1 N–H and O–H groups in total. The second-order valence-electron chi connectivity index (χ2n) is 4.08. The number of carbonyl (C=O) groups is 1. The number of nitrogens with zero attached hydrogens (tertiary/aromatic N) is 1. The molecular weight excluding hydrogens is 299 g/mol. The number of furan rings is 1. The predicted molar refractivity (Wildman–Crippen MR) is 78.4 cm³/mol. The van der Waals surface area contributed by atoms with Gasteiger partial charge in [-0.1, -0.05) is 41.4 Å². The lowest BCUT2D eigenvalue weighted by molar-refractivity contribution is 0.0998. The molecule has 4 nitrogen and oxygen atoms in total. The van der Waals surface area contributed by atoms with Gasteiger partial charge in [-0.05, 0) is 12.1 Å². The summed E-state index contributed by atoms with van der Waals surface area (Å²) in [6.45, 7) is 0. The summed E-state index contributed by atoms with van der Waals surface area (Å²) in [5.74, 6) is -0.230. The van der Waals surface area contributed by atoms with Gasteiger partial charge in [0.2, 0.25) is 0 Å². The Hall–Kier alpha value is -2.04. The normalized spacial score (nSPS) is 10.7. The number of halogens is 2. The van der Waals surface area contributed by atoms with Crippen molar-refractivity contribution >= 4 is 45.8 Å². The molecule has 1 aromatic carbocycles. The van der Waals surface area contributed by atoms with Gasteiger partial charge in [-0.3, -0.25) is 9.78 Å². The Balaban J connectivity index is 1.93. The van der Waals surface area contributed by atoms with Crippen LogP contribution in [0.25, 0.3) is 11.0 Å². The van der Waals surface area contributed by atoms with E-state index in [0.29, 0.717) is 11.3 Å². The van der Waals surface area contributed by atoms with Crippen molar-refractivity contribution in [2.75, 3.05) is 5.32 Å². The Kier molecular flexibility index (Phi) is 3.34. The standard InChI is InChI=1S/C14H8Cl2N2O2/c15-9-6-17-7-10(16)13(9)18-14(19)12-5-8-3-1-2-4-11(8)20-12/h1-7H,(H,17,18,19). The van der Waals surface area contributed by atoms with E-state index in [4.69, 9.17) is 27.6 Å². The Labute approximate surface area is 124 Å². The van der Waals surface area contributed by atoms with Crippen molar-refractivity contribution in [3.8, 4) is 0 Å². The van der Waals surface area contributed by atoms with Crippen LogP contribution in [0.5, 0.6) is 0 Å². The fourth-order valence-electron chi connectivity index (χ4n) is 1.80. The third kappa shape index (κ3) is 2.35. The maximum atomic E-state index is 12.1. The van der Waals surface area contributed by atoms with Gasteiger partial charge < -0.3 is 9.73 Å². The van der Waals surface area contributed by atoms with Crippen LogP contribution in [-0.2, 0) is 0 Å². The zero-order valence-corrected chi connectivity index (χ0v) is 11.6. The van der Waals surface area contributed by atoms with Crippen LogP contribution in [0.3, 0.4) is 0 Å². The first kappa shape index (κ1) is 13.0. The number of nitrogens with one attached hydrogen (secondary N) is 1. The van der Waals surface area contributed by atoms with E-state index in [1.165, 1.54) is 12.4 Å². The number of benzene rings is 1. The molecule has 3 rings (SSSR count). The van der Waals surface area contributed by atoms with E-state index >= 15 is 0 Å². The van der Waals surface area contributed by atoms with Gasteiger partial charge in [0.15, 0.2) is 5.76 Å². The minimum Gasteiger partial charge on any atom is -0.451 e. The van der Waals surface area contributed by atoms with Crippen molar-refractivity contribution in [3.05, 3.63) is 58.5 Å². The molecular formula is C14H8Cl2N2O2. The summed E-state index contributed by atoms with van der Waals surface area (Å²) in [5.41, 5.74) is 0.957. The first-order valence-electron chi connectivity index (χ1n) is 5.74. The molecule has 0 bridgehead atoms. The van der Waals surface area contributed by atoms with Crippen molar-refractivity contribution in [1.82, 2.24) is 4.98 Å². The van der Waals surface area contributed by atoms with Crippen molar-refractivity contribution < 1.29 is 9.21 Å². The number of pyridine rings is 1. The van der Waals surface area contributed by atoms with Crippen LogP contribution in [0.2, 0.25) is 10.0 Å². The Morgan fingerprint density at radius 1 is 1.15 bits per heavy atom. The average molecular weight is 307 g/mol. The number of anilines is 1. The van der Waals surface area contributed by atoms with Gasteiger partial charge in [0.25, 0.3) is 5.91 Å². The molecule has 0 aliphatic carbocycles. The van der Waals surface area contributed by atoms with E-state index in [9.17, 15) is 4.79 Å². The molecule has 0 saturated heterocycles. The van der Waals surface area contributed by atoms with Crippen LogP contribution in [0, 0.1) is 0 Å². The zero-order valence-electron chi connectivity index (χ0n) is 10.1. The number of rotatable bonds is 2. The molecule has 0 spiro atoms. The van der Waals surface area contributed by atoms with E-state index in [1.54, 1.807) is 12.1 Å². The smallest absolute Gasteiger partial charge is 0.291 e. The van der Waals surface area contributed by atoms with Gasteiger partial charge in [-0.15, -0.1) is 0 Å². The van der Waals surface area contributed by atoms with Crippen molar-refractivity contribution in [3.63, 3.8) is 0 Å². The average Bonchev–Trinajstić information content (AvgIpc) is 2.87. The first-order chi connectivity index (χ1) is 9.65. The minimum atomic E-state index is -0.420. The number of para-hydroxylation sites is 1. The monoisotopic (exact) mass is 306 g/mol. The molecule has 1 amide bonds. The van der Waals surface area contributed by atoms with Crippen LogP contribution in [-0.4, -0.2) is 10.9 Å². The Morgan fingerprint density at radius 3 is 2.55 bits per heavy atom. The topological polar surface area (TPSA) is 55.1 Å². The van der Waals surface area contributed by atoms with Crippen LogP contribution < -0.4 is 5.32 Å². The zero-order chi connectivity index (χ0) is 14.1. The third-order valence-electron chi connectivity index (χ3n) is 2.74. The maximum absolute atomic E-state index is 12.1. The number of amides is 1. The third-order valence-corrected chi connectivity index (χ3v) is 3.31. The van der Waals surface area contributed by atoms with E-state index in [2.05, 4.69) is 10.3 Å². The van der Waals surface area contributed by atoms with E-state index in [0.717, 1.165) is 5.39 Å². The van der Waals surface area contributed by atoms with Crippen LogP contribution >= 0.6 is 23.2 Å². The molecule has 0 saturated carbocycles. The van der Waals surface area contributed by atoms with Crippen LogP contribution in [0.15, 0.2) is 47.1 Å². The number of carbonyl (C=O) groups excluding carboxylic acids is 1. The molecule has 20 heavy (non-hydrogen) atoms. The summed E-state index contributed by atoms with van der Waals surface area (Å²) in [6, 6.07) is 9.02. The Morgan fingerprint density at radius 2 is 1.85 bits per heavy atom. The van der Waals surface area contributed by atoms with Gasteiger partial charge >= 0.3 is 0 Å². The molecule has 2 aromatic heterocycles. The molecule has 0 unspecified atom stereocenters. The van der Waals surface area contributed by atoms with E-state index in [-0.39, 0.29) is 15.8 Å². The Bertz CT molecular complexity index is 745. The maximum Gasteiger partial charge on any atom is 0.291 e. The van der Waals surface area contributed by atoms with Crippen molar-refractivity contribution in [2.24, 2.45) is 0 Å². The fraction of sp³-hybridized carbons (Fsp3) is 0. The second kappa shape index (κ2) is 5.15. The highest BCUT2D eigenvalue weighted by atomic mass is 35.5. The van der Waals surface area contributed by atoms with Gasteiger partial charge in [0.05, 0.1) is 15.7 Å². The highest BCUT2D eigenvalue weighted by Gasteiger charge is 2.15. The molecule has 0 fully saturated rings. The molecule has 0 aliphatic heterocycles. The molecule has 0 aliphatic rings. The molecule has 0 atom stereocenters. The summed E-state index contributed by atoms with van der Waals surface area (Å²) in [5, 5.41) is 4.00. The first-order valence-corrected chi connectivity index (χ1v) is 6.49. The van der Waals surface area contributed by atoms with E-state index < -0.39 is 5.91 Å².